The highest BCUT2D eigenvalue weighted by atomic mass is 28.4. The number of methoxy groups -OCH3 is 2. The molecule has 1 aromatic carbocycles. The van der Waals surface area contributed by atoms with Gasteiger partial charge in [0, 0.05) is 12.8 Å². The van der Waals surface area contributed by atoms with Gasteiger partial charge in [0.05, 0.1) is 13.2 Å². The highest BCUT2D eigenvalue weighted by Gasteiger charge is 2.55. The van der Waals surface area contributed by atoms with E-state index in [1.807, 2.05) is 0 Å². The van der Waals surface area contributed by atoms with Crippen LogP contribution in [0.25, 0.3) is 0 Å². The Hall–Kier alpha value is -1.88. The van der Waals surface area contributed by atoms with E-state index in [1.165, 1.54) is 7.11 Å². The molecule has 0 aromatic heterocycles. The molecule has 1 aliphatic rings. The van der Waals surface area contributed by atoms with E-state index in [-0.39, 0.29) is 10.9 Å². The fourth-order valence-corrected chi connectivity index (χ4v) is 3.91. The Morgan fingerprint density at radius 3 is 2.19 bits per heavy atom. The summed E-state index contributed by atoms with van der Waals surface area (Å²) in [6.45, 7) is 10.5. The van der Waals surface area contributed by atoms with Crippen molar-refractivity contribution in [3.63, 3.8) is 0 Å². The number of rotatable bonds is 6. The first-order valence-electron chi connectivity index (χ1n) is 8.64. The van der Waals surface area contributed by atoms with Crippen LogP contribution in [-0.2, 0) is 14.0 Å². The van der Waals surface area contributed by atoms with Crippen LogP contribution in [0.3, 0.4) is 0 Å². The summed E-state index contributed by atoms with van der Waals surface area (Å²) >= 11 is 0. The van der Waals surface area contributed by atoms with Crippen molar-refractivity contribution in [3.05, 3.63) is 24.3 Å². The summed E-state index contributed by atoms with van der Waals surface area (Å²) in [6, 6.07) is 8.96. The van der Waals surface area contributed by atoms with Gasteiger partial charge in [-0.15, -0.1) is 0 Å². The van der Waals surface area contributed by atoms with E-state index in [2.05, 4.69) is 39.9 Å². The summed E-state index contributed by atoms with van der Waals surface area (Å²) in [6.07, 6.45) is -1.42. The molecule has 1 saturated heterocycles. The number of ether oxygens (including phenoxy) is 2. The number of anilines is 1. The van der Waals surface area contributed by atoms with Gasteiger partial charge in [-0.1, -0.05) is 20.8 Å². The van der Waals surface area contributed by atoms with Gasteiger partial charge in [0.1, 0.15) is 11.8 Å². The summed E-state index contributed by atoms with van der Waals surface area (Å²) in [7, 11) is 0.898. The normalized spacial score (nSPS) is 21.8. The molecule has 1 aromatic rings. The van der Waals surface area contributed by atoms with E-state index in [1.54, 1.807) is 36.3 Å². The van der Waals surface area contributed by atoms with E-state index >= 15 is 0 Å². The summed E-state index contributed by atoms with van der Waals surface area (Å²) in [5.41, 5.74) is 0.702. The zero-order valence-corrected chi connectivity index (χ0v) is 17.6. The molecule has 0 N–H and O–H groups in total. The molecule has 1 aliphatic heterocycles. The Bertz CT molecular complexity index is 691. The van der Waals surface area contributed by atoms with Crippen LogP contribution in [-0.4, -0.2) is 46.7 Å². The van der Waals surface area contributed by atoms with Gasteiger partial charge in [-0.05, 0) is 42.4 Å². The van der Waals surface area contributed by atoms with Crippen LogP contribution >= 0.6 is 0 Å². The molecule has 1 fully saturated rings. The van der Waals surface area contributed by atoms with Gasteiger partial charge in [-0.25, -0.2) is 0 Å². The average Bonchev–Trinajstić information content (AvgIpc) is 2.58. The van der Waals surface area contributed by atoms with Gasteiger partial charge >= 0.3 is 0 Å². The number of carbonyl (C=O) groups excluding carboxylic acids is 1. The number of carbonyl (C=O) groups is 1. The molecule has 7 heteroatoms. The molecule has 142 valence electrons. The first-order chi connectivity index (χ1) is 12.1. The lowest BCUT2D eigenvalue weighted by molar-refractivity contribution is -0.142. The minimum absolute atomic E-state index is 0.0383. The van der Waals surface area contributed by atoms with Gasteiger partial charge in [0.15, 0.2) is 20.5 Å². The van der Waals surface area contributed by atoms with Crippen molar-refractivity contribution in [2.24, 2.45) is 0 Å². The van der Waals surface area contributed by atoms with Crippen molar-refractivity contribution in [2.75, 3.05) is 19.1 Å². The minimum atomic E-state index is -2.18. The minimum Gasteiger partial charge on any atom is -0.497 e. The van der Waals surface area contributed by atoms with Crippen LogP contribution < -0.4 is 9.64 Å². The average molecular weight is 377 g/mol. The number of nitriles is 1. The molecule has 0 aliphatic carbocycles. The van der Waals surface area contributed by atoms with Gasteiger partial charge < -0.3 is 18.8 Å². The van der Waals surface area contributed by atoms with Crippen LogP contribution in [0.4, 0.5) is 5.69 Å². The maximum absolute atomic E-state index is 12.6. The van der Waals surface area contributed by atoms with Crippen LogP contribution in [0, 0.1) is 11.3 Å². The zero-order valence-electron chi connectivity index (χ0n) is 16.6. The molecule has 6 nitrogen and oxygen atoms in total. The highest BCUT2D eigenvalue weighted by molar-refractivity contribution is 6.74. The zero-order chi connectivity index (χ0) is 19.7. The van der Waals surface area contributed by atoms with E-state index in [0.29, 0.717) is 11.4 Å². The molecule has 0 unspecified atom stereocenters. The second-order valence-corrected chi connectivity index (χ2v) is 12.7. The molecule has 1 amide bonds. The SMILES string of the molecule is COc1ccc(N2C(=O)[C@H](OC)[C@@H]2[C@H](C#N)O[Si](C)(C)C(C)(C)C)cc1. The van der Waals surface area contributed by atoms with E-state index in [0.717, 1.165) is 0 Å². The van der Waals surface area contributed by atoms with Crippen LogP contribution in [0.1, 0.15) is 20.8 Å². The Labute approximate surface area is 156 Å². The smallest absolute Gasteiger partial charge is 0.258 e. The largest absolute Gasteiger partial charge is 0.497 e. The molecular weight excluding hydrogens is 348 g/mol. The molecule has 0 bridgehead atoms. The number of β-lactam (4-membered cyclic amide) rings is 1. The van der Waals surface area contributed by atoms with E-state index in [9.17, 15) is 10.1 Å². The van der Waals surface area contributed by atoms with Crippen molar-refractivity contribution in [1.29, 1.82) is 5.26 Å². The lowest BCUT2D eigenvalue weighted by Gasteiger charge is -2.49. The maximum atomic E-state index is 12.6. The van der Waals surface area contributed by atoms with Crippen molar-refractivity contribution in [1.82, 2.24) is 0 Å². The Kier molecular flexibility index (Phi) is 5.81. The van der Waals surface area contributed by atoms with Crippen molar-refractivity contribution in [2.45, 2.75) is 57.2 Å². The van der Waals surface area contributed by atoms with Crippen LogP contribution in [0.15, 0.2) is 24.3 Å². The first kappa shape index (κ1) is 20.4. The van der Waals surface area contributed by atoms with Crippen molar-refractivity contribution in [3.8, 4) is 11.8 Å². The predicted octanol–water partition coefficient (Wildman–Crippen LogP) is 3.34. The Balaban J connectivity index is 2.32. The summed E-state index contributed by atoms with van der Waals surface area (Å²) in [5, 5.41) is 9.73. The molecule has 3 atom stereocenters. The van der Waals surface area contributed by atoms with Crippen LogP contribution in [0.5, 0.6) is 5.75 Å². The molecule has 0 saturated carbocycles. The monoisotopic (exact) mass is 376 g/mol. The number of benzene rings is 1. The van der Waals surface area contributed by atoms with E-state index < -0.39 is 26.6 Å². The van der Waals surface area contributed by atoms with Gasteiger partial charge in [0.25, 0.3) is 5.91 Å². The second kappa shape index (κ2) is 7.39. The first-order valence-corrected chi connectivity index (χ1v) is 11.6. The van der Waals surface area contributed by atoms with Gasteiger partial charge in [-0.3, -0.25) is 4.79 Å². The number of hydrogen-bond acceptors (Lipinski definition) is 5. The molecular formula is C19H28N2O4Si. The second-order valence-electron chi connectivity index (χ2n) is 7.98. The molecule has 1 heterocycles. The third kappa shape index (κ3) is 3.63. The third-order valence-electron chi connectivity index (χ3n) is 5.36. The fourth-order valence-electron chi connectivity index (χ4n) is 2.73. The Morgan fingerprint density at radius 2 is 1.77 bits per heavy atom. The Morgan fingerprint density at radius 1 is 1.19 bits per heavy atom. The molecule has 0 spiro atoms. The van der Waals surface area contributed by atoms with Crippen LogP contribution in [0.2, 0.25) is 18.1 Å². The van der Waals surface area contributed by atoms with Crippen molar-refractivity contribution >= 4 is 19.9 Å². The third-order valence-corrected chi connectivity index (χ3v) is 9.81. The number of hydrogen-bond donors (Lipinski definition) is 0. The summed E-state index contributed by atoms with van der Waals surface area (Å²) in [4.78, 5) is 14.1. The highest BCUT2D eigenvalue weighted by Crippen LogP contribution is 2.40. The standard InChI is InChI=1S/C19H28N2O4Si/c1-19(2,3)26(6,7)25-15(12-20)16-17(24-5)18(22)21(16)13-8-10-14(23-4)11-9-13/h8-11,15-17H,1-7H3/t15-,16-,17+/m0/s1. The molecule has 2 rings (SSSR count). The lowest BCUT2D eigenvalue weighted by atomic mass is 9.92. The van der Waals surface area contributed by atoms with Gasteiger partial charge in [0.2, 0.25) is 0 Å². The maximum Gasteiger partial charge on any atom is 0.258 e. The quantitative estimate of drug-likeness (QED) is 0.562. The van der Waals surface area contributed by atoms with E-state index in [4.69, 9.17) is 13.9 Å². The topological polar surface area (TPSA) is 71.8 Å². The summed E-state index contributed by atoms with van der Waals surface area (Å²) < 4.78 is 16.8. The molecule has 26 heavy (non-hydrogen) atoms. The number of amides is 1. The number of nitrogens with zero attached hydrogens (tertiary/aromatic N) is 2. The van der Waals surface area contributed by atoms with Crippen molar-refractivity contribution < 1.29 is 18.7 Å². The predicted molar refractivity (Wildman–Crippen MR) is 103 cm³/mol. The lowest BCUT2D eigenvalue weighted by Crippen LogP contribution is -2.71. The molecule has 0 radical (unpaired) electrons. The fraction of sp³-hybridized carbons (Fsp3) is 0.579. The summed E-state index contributed by atoms with van der Waals surface area (Å²) in [5.74, 6) is 0.540. The van der Waals surface area contributed by atoms with Gasteiger partial charge in [-0.2, -0.15) is 5.26 Å².